The largest absolute Gasteiger partial charge is 0.480 e. The molecule has 88 valence electrons. The molecule has 0 aromatic carbocycles. The number of carbonyl (C=O) groups is 1. The normalized spacial score (nSPS) is 20.2. The Morgan fingerprint density at radius 2 is 2.13 bits per heavy atom. The molecule has 1 saturated carbocycles. The maximum atomic E-state index is 11.6. The second kappa shape index (κ2) is 5.61. The van der Waals surface area contributed by atoms with Crippen LogP contribution in [-0.4, -0.2) is 33.1 Å². The lowest BCUT2D eigenvalue weighted by Gasteiger charge is -2.15. The number of hydrogen-bond donors (Lipinski definition) is 1. The molecule has 0 aromatic heterocycles. The van der Waals surface area contributed by atoms with Crippen molar-refractivity contribution in [2.75, 3.05) is 12.5 Å². The fourth-order valence-electron chi connectivity index (χ4n) is 1.36. The summed E-state index contributed by atoms with van der Waals surface area (Å²) in [6, 6.07) is 0. The van der Waals surface area contributed by atoms with Crippen molar-refractivity contribution in [1.82, 2.24) is 0 Å². The molecule has 0 saturated heterocycles. The molecule has 0 aromatic rings. The van der Waals surface area contributed by atoms with E-state index in [2.05, 4.69) is 0 Å². The van der Waals surface area contributed by atoms with E-state index in [1.165, 1.54) is 12.8 Å². The van der Waals surface area contributed by atoms with E-state index in [1.807, 2.05) is 0 Å². The minimum Gasteiger partial charge on any atom is -0.480 e. The van der Waals surface area contributed by atoms with E-state index < -0.39 is 22.0 Å². The molecule has 2 atom stereocenters. The summed E-state index contributed by atoms with van der Waals surface area (Å²) in [5.74, 6) is -0.471. The molecule has 0 aliphatic heterocycles. The number of aliphatic carboxylic acids is 1. The van der Waals surface area contributed by atoms with E-state index in [1.54, 1.807) is 13.8 Å². The standard InChI is InChI=1S/C10H18O4S/c1-7(2)9(10(11)12)15(13)6-14-5-8-3-4-8/h7-9H,3-6H2,1-2H3,(H,11,12). The molecule has 0 heterocycles. The average molecular weight is 234 g/mol. The van der Waals surface area contributed by atoms with Crippen LogP contribution in [0.2, 0.25) is 0 Å². The second-order valence-corrected chi connectivity index (χ2v) is 5.82. The van der Waals surface area contributed by atoms with E-state index in [0.717, 1.165) is 0 Å². The Balaban J connectivity index is 2.30. The van der Waals surface area contributed by atoms with Gasteiger partial charge in [-0.25, -0.2) is 0 Å². The second-order valence-electron chi connectivity index (χ2n) is 4.32. The zero-order valence-electron chi connectivity index (χ0n) is 9.14. The molecular weight excluding hydrogens is 216 g/mol. The summed E-state index contributed by atoms with van der Waals surface area (Å²) in [5.41, 5.74) is 0. The van der Waals surface area contributed by atoms with Crippen molar-refractivity contribution >= 4 is 16.8 Å². The van der Waals surface area contributed by atoms with E-state index >= 15 is 0 Å². The first-order valence-corrected chi connectivity index (χ1v) is 6.58. The van der Waals surface area contributed by atoms with Gasteiger partial charge >= 0.3 is 5.97 Å². The highest BCUT2D eigenvalue weighted by Gasteiger charge is 2.29. The van der Waals surface area contributed by atoms with Gasteiger partial charge in [0.05, 0.1) is 17.4 Å². The van der Waals surface area contributed by atoms with Crippen LogP contribution in [0, 0.1) is 11.8 Å². The third kappa shape index (κ3) is 4.30. The van der Waals surface area contributed by atoms with Crippen molar-refractivity contribution < 1.29 is 18.8 Å². The van der Waals surface area contributed by atoms with Crippen molar-refractivity contribution in [2.45, 2.75) is 31.9 Å². The predicted molar refractivity (Wildman–Crippen MR) is 57.9 cm³/mol. The SMILES string of the molecule is CC(C)C(C(=O)O)S(=O)COCC1CC1. The molecule has 0 spiro atoms. The molecular formula is C10H18O4S. The maximum Gasteiger partial charge on any atom is 0.319 e. The summed E-state index contributed by atoms with van der Waals surface area (Å²) in [7, 11) is -1.43. The highest BCUT2D eigenvalue weighted by molar-refractivity contribution is 7.86. The van der Waals surface area contributed by atoms with Crippen LogP contribution in [0.1, 0.15) is 26.7 Å². The fourth-order valence-corrected chi connectivity index (χ4v) is 2.60. The summed E-state index contributed by atoms with van der Waals surface area (Å²) in [4.78, 5) is 10.8. The van der Waals surface area contributed by atoms with Gasteiger partial charge in [0.2, 0.25) is 0 Å². The minimum atomic E-state index is -1.43. The van der Waals surface area contributed by atoms with Crippen LogP contribution in [0.4, 0.5) is 0 Å². The Labute approximate surface area is 92.5 Å². The predicted octanol–water partition coefficient (Wildman–Crippen LogP) is 1.23. The lowest BCUT2D eigenvalue weighted by atomic mass is 10.1. The first kappa shape index (κ1) is 12.6. The molecule has 1 N–H and O–H groups in total. The molecule has 4 nitrogen and oxygen atoms in total. The first-order chi connectivity index (χ1) is 7.02. The summed E-state index contributed by atoms with van der Waals surface area (Å²) in [6.45, 7) is 4.14. The smallest absolute Gasteiger partial charge is 0.319 e. The van der Waals surface area contributed by atoms with Crippen molar-refractivity contribution in [2.24, 2.45) is 11.8 Å². The number of hydrogen-bond acceptors (Lipinski definition) is 3. The quantitative estimate of drug-likeness (QED) is 0.719. The van der Waals surface area contributed by atoms with Gasteiger partial charge in [0.15, 0.2) is 0 Å². The summed E-state index contributed by atoms with van der Waals surface area (Å²) in [6.07, 6.45) is 2.36. The van der Waals surface area contributed by atoms with Gasteiger partial charge in [-0.3, -0.25) is 9.00 Å². The van der Waals surface area contributed by atoms with Crippen LogP contribution in [-0.2, 0) is 20.3 Å². The molecule has 1 aliphatic carbocycles. The van der Waals surface area contributed by atoms with Crippen molar-refractivity contribution in [3.63, 3.8) is 0 Å². The van der Waals surface area contributed by atoms with Crippen molar-refractivity contribution in [3.8, 4) is 0 Å². The van der Waals surface area contributed by atoms with Gasteiger partial charge in [-0.05, 0) is 24.7 Å². The number of rotatable bonds is 7. The molecule has 15 heavy (non-hydrogen) atoms. The van der Waals surface area contributed by atoms with Gasteiger partial charge < -0.3 is 9.84 Å². The van der Waals surface area contributed by atoms with E-state index in [9.17, 15) is 9.00 Å². The highest BCUT2D eigenvalue weighted by atomic mass is 32.2. The van der Waals surface area contributed by atoms with Crippen LogP contribution < -0.4 is 0 Å². The van der Waals surface area contributed by atoms with E-state index in [0.29, 0.717) is 12.5 Å². The van der Waals surface area contributed by atoms with Gasteiger partial charge in [-0.1, -0.05) is 13.8 Å². The number of carboxylic acids is 1. The lowest BCUT2D eigenvalue weighted by Crippen LogP contribution is -2.33. The van der Waals surface area contributed by atoms with Gasteiger partial charge in [-0.2, -0.15) is 0 Å². The number of carboxylic acid groups (broad SMARTS) is 1. The molecule has 5 heteroatoms. The Kier molecular flexibility index (Phi) is 4.73. The highest BCUT2D eigenvalue weighted by Crippen LogP contribution is 2.28. The molecule has 1 aliphatic rings. The average Bonchev–Trinajstić information content (AvgIpc) is 2.86. The topological polar surface area (TPSA) is 63.6 Å². The van der Waals surface area contributed by atoms with Crippen LogP contribution in [0.3, 0.4) is 0 Å². The molecule has 0 radical (unpaired) electrons. The monoisotopic (exact) mass is 234 g/mol. The molecule has 1 fully saturated rings. The minimum absolute atomic E-state index is 0.0473. The Morgan fingerprint density at radius 1 is 1.53 bits per heavy atom. The molecule has 0 bridgehead atoms. The zero-order chi connectivity index (χ0) is 11.4. The Bertz CT molecular complexity index is 248. The summed E-state index contributed by atoms with van der Waals surface area (Å²) >= 11 is 0. The zero-order valence-corrected chi connectivity index (χ0v) is 9.96. The molecule has 0 amide bonds. The van der Waals surface area contributed by atoms with Crippen molar-refractivity contribution in [3.05, 3.63) is 0 Å². The molecule has 2 unspecified atom stereocenters. The van der Waals surface area contributed by atoms with Crippen LogP contribution >= 0.6 is 0 Å². The van der Waals surface area contributed by atoms with Gasteiger partial charge in [-0.15, -0.1) is 0 Å². The Hall–Kier alpha value is -0.420. The van der Waals surface area contributed by atoms with Crippen molar-refractivity contribution in [1.29, 1.82) is 0 Å². The molecule has 1 rings (SSSR count). The van der Waals surface area contributed by atoms with E-state index in [4.69, 9.17) is 9.84 Å². The third-order valence-corrected chi connectivity index (χ3v) is 4.09. The summed E-state index contributed by atoms with van der Waals surface area (Å²) < 4.78 is 16.9. The maximum absolute atomic E-state index is 11.6. The summed E-state index contributed by atoms with van der Waals surface area (Å²) in [5, 5.41) is 8.07. The first-order valence-electron chi connectivity index (χ1n) is 5.20. The lowest BCUT2D eigenvalue weighted by molar-refractivity contribution is -0.137. The Morgan fingerprint density at radius 3 is 2.53 bits per heavy atom. The van der Waals surface area contributed by atoms with Gasteiger partial charge in [0.25, 0.3) is 0 Å². The van der Waals surface area contributed by atoms with Crippen LogP contribution in [0.5, 0.6) is 0 Å². The van der Waals surface area contributed by atoms with E-state index in [-0.39, 0.29) is 11.9 Å². The third-order valence-electron chi connectivity index (χ3n) is 2.38. The fraction of sp³-hybridized carbons (Fsp3) is 0.900. The van der Waals surface area contributed by atoms with Crippen LogP contribution in [0.25, 0.3) is 0 Å². The number of ether oxygens (including phenoxy) is 1. The van der Waals surface area contributed by atoms with Gasteiger partial charge in [0, 0.05) is 0 Å². The van der Waals surface area contributed by atoms with Crippen LogP contribution in [0.15, 0.2) is 0 Å². The van der Waals surface area contributed by atoms with Gasteiger partial charge in [0.1, 0.15) is 11.2 Å².